The molecule has 0 aliphatic carbocycles. The molecule has 1 fully saturated rings. The van der Waals surface area contributed by atoms with Gasteiger partial charge in [0, 0.05) is 12.1 Å². The number of rotatable bonds is 2. The molecule has 0 spiro atoms. The Hall–Kier alpha value is -2.05. The summed E-state index contributed by atoms with van der Waals surface area (Å²) in [5.74, 6) is -6.60. The van der Waals surface area contributed by atoms with Gasteiger partial charge in [0.1, 0.15) is 6.04 Å². The molecule has 0 aromatic heterocycles. The predicted octanol–water partition coefficient (Wildman–Crippen LogP) is 1.79. The molecule has 1 aliphatic heterocycles. The van der Waals surface area contributed by atoms with Gasteiger partial charge in [-0.2, -0.15) is 0 Å². The van der Waals surface area contributed by atoms with E-state index in [9.17, 15) is 22.8 Å². The minimum absolute atomic E-state index is 0.191. The molecule has 1 amide bonds. The summed E-state index contributed by atoms with van der Waals surface area (Å²) >= 11 is 0. The van der Waals surface area contributed by atoms with E-state index >= 15 is 0 Å². The van der Waals surface area contributed by atoms with E-state index in [1.807, 2.05) is 0 Å². The van der Waals surface area contributed by atoms with Crippen molar-refractivity contribution in [3.63, 3.8) is 0 Å². The number of carbonyl (C=O) groups is 2. The van der Waals surface area contributed by atoms with Crippen LogP contribution in [-0.4, -0.2) is 34.5 Å². The van der Waals surface area contributed by atoms with E-state index in [0.717, 1.165) is 4.90 Å². The Bertz CT molecular complexity index is 524. The van der Waals surface area contributed by atoms with Gasteiger partial charge in [-0.1, -0.05) is 0 Å². The predicted molar refractivity (Wildman–Crippen MR) is 58.0 cm³/mol. The number of aliphatic carboxylic acids is 1. The van der Waals surface area contributed by atoms with Crippen LogP contribution in [0.2, 0.25) is 0 Å². The van der Waals surface area contributed by atoms with Gasteiger partial charge in [0.05, 0.1) is 0 Å². The lowest BCUT2D eigenvalue weighted by Crippen LogP contribution is -2.40. The van der Waals surface area contributed by atoms with E-state index in [4.69, 9.17) is 5.11 Å². The fourth-order valence-corrected chi connectivity index (χ4v) is 2.11. The summed E-state index contributed by atoms with van der Waals surface area (Å²) in [7, 11) is 0. The van der Waals surface area contributed by atoms with E-state index in [0.29, 0.717) is 18.6 Å². The third kappa shape index (κ3) is 2.40. The maximum Gasteiger partial charge on any atom is 0.326 e. The molecule has 0 radical (unpaired) electrons. The lowest BCUT2D eigenvalue weighted by Gasteiger charge is -2.21. The molecule has 1 aromatic rings. The van der Waals surface area contributed by atoms with Crippen LogP contribution in [0.25, 0.3) is 0 Å². The van der Waals surface area contributed by atoms with E-state index in [1.54, 1.807) is 0 Å². The number of carboxylic acid groups (broad SMARTS) is 1. The monoisotopic (exact) mass is 273 g/mol. The van der Waals surface area contributed by atoms with Crippen LogP contribution in [0.15, 0.2) is 12.1 Å². The number of amides is 1. The van der Waals surface area contributed by atoms with E-state index in [-0.39, 0.29) is 13.0 Å². The molecule has 1 aromatic carbocycles. The Labute approximate surface area is 106 Å². The van der Waals surface area contributed by atoms with Crippen LogP contribution in [0, 0.1) is 17.5 Å². The number of nitrogens with zero attached hydrogens (tertiary/aromatic N) is 1. The molecule has 0 bridgehead atoms. The summed E-state index contributed by atoms with van der Waals surface area (Å²) in [6.07, 6.45) is 0.780. The van der Waals surface area contributed by atoms with Crippen LogP contribution in [0.1, 0.15) is 23.2 Å². The number of carbonyl (C=O) groups excluding carboxylic acids is 1. The highest BCUT2D eigenvalue weighted by atomic mass is 19.2. The van der Waals surface area contributed by atoms with E-state index < -0.39 is 40.9 Å². The molecule has 1 aliphatic rings. The van der Waals surface area contributed by atoms with Crippen LogP contribution in [0.4, 0.5) is 13.2 Å². The quantitative estimate of drug-likeness (QED) is 0.836. The molecule has 2 rings (SSSR count). The summed E-state index contributed by atoms with van der Waals surface area (Å²) in [4.78, 5) is 23.9. The van der Waals surface area contributed by atoms with Crippen molar-refractivity contribution in [1.29, 1.82) is 0 Å². The Balaban J connectivity index is 2.32. The minimum Gasteiger partial charge on any atom is -0.480 e. The van der Waals surface area contributed by atoms with Crippen molar-refractivity contribution in [2.24, 2.45) is 0 Å². The first-order chi connectivity index (χ1) is 8.91. The first-order valence-electron chi connectivity index (χ1n) is 5.60. The van der Waals surface area contributed by atoms with Crippen LogP contribution in [0.5, 0.6) is 0 Å². The average Bonchev–Trinajstić information content (AvgIpc) is 2.83. The van der Waals surface area contributed by atoms with Gasteiger partial charge in [-0.3, -0.25) is 4.79 Å². The Kier molecular flexibility index (Phi) is 3.46. The molecule has 1 saturated heterocycles. The minimum atomic E-state index is -1.66. The summed E-state index contributed by atoms with van der Waals surface area (Å²) in [6.45, 7) is 0.191. The number of carboxylic acids is 1. The average molecular weight is 273 g/mol. The third-order valence-electron chi connectivity index (χ3n) is 3.03. The van der Waals surface area contributed by atoms with Crippen molar-refractivity contribution in [1.82, 2.24) is 4.90 Å². The van der Waals surface area contributed by atoms with E-state index in [1.165, 1.54) is 0 Å². The number of likely N-dealkylation sites (tertiary alicyclic amines) is 1. The van der Waals surface area contributed by atoms with Gasteiger partial charge in [-0.15, -0.1) is 0 Å². The molecule has 0 unspecified atom stereocenters. The fraction of sp³-hybridized carbons (Fsp3) is 0.333. The molecule has 7 heteroatoms. The fourth-order valence-electron chi connectivity index (χ4n) is 2.11. The molecule has 19 heavy (non-hydrogen) atoms. The van der Waals surface area contributed by atoms with Gasteiger partial charge in [0.25, 0.3) is 5.91 Å². The van der Waals surface area contributed by atoms with Crippen molar-refractivity contribution < 1.29 is 27.9 Å². The van der Waals surface area contributed by atoms with Crippen LogP contribution in [0.3, 0.4) is 0 Å². The van der Waals surface area contributed by atoms with Crippen molar-refractivity contribution in [3.8, 4) is 0 Å². The van der Waals surface area contributed by atoms with Gasteiger partial charge < -0.3 is 10.0 Å². The zero-order valence-electron chi connectivity index (χ0n) is 9.70. The van der Waals surface area contributed by atoms with Gasteiger partial charge in [-0.05, 0) is 25.0 Å². The molecule has 1 heterocycles. The zero-order chi connectivity index (χ0) is 14.2. The van der Waals surface area contributed by atoms with Gasteiger partial charge in [0.15, 0.2) is 17.5 Å². The maximum absolute atomic E-state index is 13.0. The molecular formula is C12H10F3NO3. The summed E-state index contributed by atoms with van der Waals surface area (Å²) in [6, 6.07) is 0.124. The van der Waals surface area contributed by atoms with Crippen LogP contribution < -0.4 is 0 Å². The molecule has 102 valence electrons. The Morgan fingerprint density at radius 1 is 1.21 bits per heavy atom. The Morgan fingerprint density at radius 2 is 1.79 bits per heavy atom. The second kappa shape index (κ2) is 4.91. The van der Waals surface area contributed by atoms with Crippen molar-refractivity contribution in [2.45, 2.75) is 18.9 Å². The Morgan fingerprint density at radius 3 is 2.32 bits per heavy atom. The largest absolute Gasteiger partial charge is 0.480 e. The topological polar surface area (TPSA) is 57.6 Å². The van der Waals surface area contributed by atoms with Crippen molar-refractivity contribution >= 4 is 11.9 Å². The second-order valence-corrected chi connectivity index (χ2v) is 4.25. The summed E-state index contributed by atoms with van der Waals surface area (Å²) in [5, 5.41) is 8.93. The molecule has 1 atom stereocenters. The first-order valence-corrected chi connectivity index (χ1v) is 5.60. The number of hydrogen-bond acceptors (Lipinski definition) is 2. The molecule has 1 N–H and O–H groups in total. The second-order valence-electron chi connectivity index (χ2n) is 4.25. The van der Waals surface area contributed by atoms with Crippen molar-refractivity contribution in [2.75, 3.05) is 6.54 Å². The first kappa shape index (κ1) is 13.4. The molecule has 0 saturated carbocycles. The van der Waals surface area contributed by atoms with Crippen molar-refractivity contribution in [3.05, 3.63) is 35.1 Å². The number of benzene rings is 1. The lowest BCUT2D eigenvalue weighted by molar-refractivity contribution is -0.141. The smallest absolute Gasteiger partial charge is 0.326 e. The zero-order valence-corrected chi connectivity index (χ0v) is 9.70. The highest BCUT2D eigenvalue weighted by Gasteiger charge is 2.34. The van der Waals surface area contributed by atoms with Gasteiger partial charge in [0.2, 0.25) is 0 Å². The highest BCUT2D eigenvalue weighted by Crippen LogP contribution is 2.22. The third-order valence-corrected chi connectivity index (χ3v) is 3.03. The summed E-state index contributed by atoms with van der Waals surface area (Å²) < 4.78 is 38.9. The van der Waals surface area contributed by atoms with Crippen LogP contribution in [-0.2, 0) is 4.79 Å². The van der Waals surface area contributed by atoms with Crippen LogP contribution >= 0.6 is 0 Å². The van der Waals surface area contributed by atoms with Gasteiger partial charge in [-0.25, -0.2) is 18.0 Å². The van der Waals surface area contributed by atoms with Gasteiger partial charge >= 0.3 is 5.97 Å². The number of hydrogen-bond donors (Lipinski definition) is 1. The van der Waals surface area contributed by atoms with E-state index in [2.05, 4.69) is 0 Å². The SMILES string of the molecule is O=C(O)[C@H]1CCCN1C(=O)c1cc(F)c(F)c(F)c1. The maximum atomic E-state index is 13.0. The lowest BCUT2D eigenvalue weighted by atomic mass is 10.1. The number of halogens is 3. The molecule has 4 nitrogen and oxygen atoms in total. The summed E-state index contributed by atoms with van der Waals surface area (Å²) in [5.41, 5.74) is -0.399. The standard InChI is InChI=1S/C12H10F3NO3/c13-7-4-6(5-8(14)10(7)15)11(17)16-3-1-2-9(16)12(18)19/h4-5,9H,1-3H2,(H,18,19)/t9-/m1/s1. The highest BCUT2D eigenvalue weighted by molar-refractivity contribution is 5.97. The molecular weight excluding hydrogens is 263 g/mol. The normalized spacial score (nSPS) is 18.7.